The van der Waals surface area contributed by atoms with Gasteiger partial charge in [-0.15, -0.1) is 22.7 Å². The molecule has 0 aliphatic rings. The molecule has 2 heterocycles. The maximum atomic E-state index is 11.8. The van der Waals surface area contributed by atoms with Crippen LogP contribution in [0.4, 0.5) is 5.69 Å². The molecule has 84 valence electrons. The largest absolute Gasteiger partial charge is 0.321 e. The first-order chi connectivity index (χ1) is 8.33. The highest BCUT2D eigenvalue weighted by Gasteiger charge is 2.07. The minimum absolute atomic E-state index is 0.0745. The molecule has 5 heteroatoms. The van der Waals surface area contributed by atoms with E-state index in [4.69, 9.17) is 0 Å². The molecule has 1 N–H and O–H groups in total. The van der Waals surface area contributed by atoms with Crippen molar-refractivity contribution in [3.05, 3.63) is 46.1 Å². The zero-order valence-corrected chi connectivity index (χ0v) is 10.3. The normalized spacial score (nSPS) is 10.6. The van der Waals surface area contributed by atoms with Crippen molar-refractivity contribution in [2.45, 2.75) is 0 Å². The first kappa shape index (κ1) is 10.4. The van der Waals surface area contributed by atoms with Gasteiger partial charge in [-0.3, -0.25) is 4.79 Å². The number of nitrogens with zero attached hydrogens (tertiary/aromatic N) is 1. The Bertz CT molecular complexity index is 658. The second-order valence-electron chi connectivity index (χ2n) is 3.47. The first-order valence-electron chi connectivity index (χ1n) is 5.01. The number of carbonyl (C=O) groups excluding carboxylic acids is 1. The summed E-state index contributed by atoms with van der Waals surface area (Å²) in [6, 6.07) is 9.42. The molecule has 0 spiro atoms. The van der Waals surface area contributed by atoms with Crippen LogP contribution in [0.25, 0.3) is 10.2 Å². The number of anilines is 1. The summed E-state index contributed by atoms with van der Waals surface area (Å²) < 4.78 is 1.12. The lowest BCUT2D eigenvalue weighted by Gasteiger charge is -2.02. The van der Waals surface area contributed by atoms with Crippen molar-refractivity contribution < 1.29 is 4.79 Å². The van der Waals surface area contributed by atoms with Crippen molar-refractivity contribution in [3.8, 4) is 0 Å². The van der Waals surface area contributed by atoms with E-state index in [1.807, 2.05) is 29.6 Å². The van der Waals surface area contributed by atoms with Gasteiger partial charge in [-0.25, -0.2) is 4.98 Å². The third-order valence-corrected chi connectivity index (χ3v) is 4.01. The SMILES string of the molecule is O=C(Nc1ccc2scnc2c1)c1cccs1. The fourth-order valence-corrected chi connectivity index (χ4v) is 2.81. The molecule has 0 radical (unpaired) electrons. The number of aromatic nitrogens is 1. The number of rotatable bonds is 2. The number of hydrogen-bond acceptors (Lipinski definition) is 4. The summed E-state index contributed by atoms with van der Waals surface area (Å²) in [6.07, 6.45) is 0. The van der Waals surface area contributed by atoms with Gasteiger partial charge < -0.3 is 5.32 Å². The van der Waals surface area contributed by atoms with Gasteiger partial charge in [0, 0.05) is 5.69 Å². The predicted molar refractivity (Wildman–Crippen MR) is 71.9 cm³/mol. The van der Waals surface area contributed by atoms with Crippen molar-refractivity contribution in [1.82, 2.24) is 4.98 Å². The van der Waals surface area contributed by atoms with Gasteiger partial charge in [0.25, 0.3) is 5.91 Å². The number of benzene rings is 1. The molecule has 3 rings (SSSR count). The fraction of sp³-hybridized carbons (Fsp3) is 0. The van der Waals surface area contributed by atoms with Crippen LogP contribution in [0.3, 0.4) is 0 Å². The molecule has 3 nitrogen and oxygen atoms in total. The van der Waals surface area contributed by atoms with Crippen LogP contribution in [-0.4, -0.2) is 10.9 Å². The molecule has 0 fully saturated rings. The number of amides is 1. The third kappa shape index (κ3) is 2.07. The van der Waals surface area contributed by atoms with Crippen LogP contribution >= 0.6 is 22.7 Å². The van der Waals surface area contributed by atoms with E-state index < -0.39 is 0 Å². The van der Waals surface area contributed by atoms with Crippen molar-refractivity contribution in [2.24, 2.45) is 0 Å². The molecule has 0 aliphatic carbocycles. The van der Waals surface area contributed by atoms with Crippen molar-refractivity contribution in [3.63, 3.8) is 0 Å². The maximum Gasteiger partial charge on any atom is 0.265 e. The molecule has 0 bridgehead atoms. The Hall–Kier alpha value is -1.72. The molecule has 0 unspecified atom stereocenters. The number of nitrogens with one attached hydrogen (secondary N) is 1. The molecule has 0 atom stereocenters. The number of thiazole rings is 1. The van der Waals surface area contributed by atoms with Crippen LogP contribution in [0, 0.1) is 0 Å². The van der Waals surface area contributed by atoms with Crippen LogP contribution in [0.1, 0.15) is 9.67 Å². The summed E-state index contributed by atoms with van der Waals surface area (Å²) in [5, 5.41) is 4.75. The highest BCUT2D eigenvalue weighted by Crippen LogP contribution is 2.22. The summed E-state index contributed by atoms with van der Waals surface area (Å²) >= 11 is 3.02. The predicted octanol–water partition coefficient (Wildman–Crippen LogP) is 3.61. The van der Waals surface area contributed by atoms with Crippen LogP contribution < -0.4 is 5.32 Å². The minimum atomic E-state index is -0.0745. The average molecular weight is 260 g/mol. The molecule has 0 saturated heterocycles. The van der Waals surface area contributed by atoms with Gasteiger partial charge in [-0.1, -0.05) is 6.07 Å². The minimum Gasteiger partial charge on any atom is -0.321 e. The molecule has 3 aromatic rings. The van der Waals surface area contributed by atoms with Crippen LogP contribution in [0.15, 0.2) is 41.2 Å². The maximum absolute atomic E-state index is 11.8. The van der Waals surface area contributed by atoms with Gasteiger partial charge in [0.1, 0.15) is 0 Å². The topological polar surface area (TPSA) is 42.0 Å². The Kier molecular flexibility index (Phi) is 2.62. The fourth-order valence-electron chi connectivity index (χ4n) is 1.54. The van der Waals surface area contributed by atoms with Crippen LogP contribution in [-0.2, 0) is 0 Å². The lowest BCUT2D eigenvalue weighted by molar-refractivity contribution is 0.103. The number of thiophene rings is 1. The molecule has 2 aromatic heterocycles. The Labute approximate surface area is 106 Å². The van der Waals surface area contributed by atoms with Gasteiger partial charge >= 0.3 is 0 Å². The summed E-state index contributed by atoms with van der Waals surface area (Å²) in [6.45, 7) is 0. The van der Waals surface area contributed by atoms with Gasteiger partial charge in [-0.2, -0.15) is 0 Å². The van der Waals surface area contributed by atoms with E-state index in [0.29, 0.717) is 4.88 Å². The van der Waals surface area contributed by atoms with E-state index in [2.05, 4.69) is 10.3 Å². The number of hydrogen-bond donors (Lipinski definition) is 1. The summed E-state index contributed by atoms with van der Waals surface area (Å²) in [5.41, 5.74) is 3.50. The highest BCUT2D eigenvalue weighted by atomic mass is 32.1. The van der Waals surface area contributed by atoms with E-state index in [1.54, 1.807) is 22.9 Å². The summed E-state index contributed by atoms with van der Waals surface area (Å²) in [4.78, 5) is 16.8. The molecule has 17 heavy (non-hydrogen) atoms. The molecular formula is C12H8N2OS2. The van der Waals surface area contributed by atoms with Gasteiger partial charge in [0.05, 0.1) is 20.6 Å². The molecule has 0 aliphatic heterocycles. The monoisotopic (exact) mass is 260 g/mol. The van der Waals surface area contributed by atoms with E-state index in [1.165, 1.54) is 11.3 Å². The van der Waals surface area contributed by atoms with Crippen molar-refractivity contribution in [1.29, 1.82) is 0 Å². The number of carbonyl (C=O) groups is 1. The highest BCUT2D eigenvalue weighted by molar-refractivity contribution is 7.16. The van der Waals surface area contributed by atoms with E-state index in [0.717, 1.165) is 15.9 Å². The smallest absolute Gasteiger partial charge is 0.265 e. The van der Waals surface area contributed by atoms with Crippen LogP contribution in [0.2, 0.25) is 0 Å². The Morgan fingerprint density at radius 2 is 2.18 bits per heavy atom. The first-order valence-corrected chi connectivity index (χ1v) is 6.77. The summed E-state index contributed by atoms with van der Waals surface area (Å²) in [7, 11) is 0. The van der Waals surface area contributed by atoms with Gasteiger partial charge in [-0.05, 0) is 29.6 Å². The second-order valence-corrected chi connectivity index (χ2v) is 5.30. The lowest BCUT2D eigenvalue weighted by atomic mass is 10.3. The van der Waals surface area contributed by atoms with E-state index in [9.17, 15) is 4.79 Å². The summed E-state index contributed by atoms with van der Waals surface area (Å²) in [5.74, 6) is -0.0745. The van der Waals surface area contributed by atoms with Gasteiger partial charge in [0.15, 0.2) is 0 Å². The standard InChI is InChI=1S/C12H8N2OS2/c15-12(11-2-1-5-16-11)14-8-3-4-10-9(6-8)13-7-17-10/h1-7H,(H,14,15). The average Bonchev–Trinajstić information content (AvgIpc) is 2.99. The molecule has 1 aromatic carbocycles. The zero-order chi connectivity index (χ0) is 11.7. The number of fused-ring (bicyclic) bond motifs is 1. The molecular weight excluding hydrogens is 252 g/mol. The lowest BCUT2D eigenvalue weighted by Crippen LogP contribution is -2.09. The quantitative estimate of drug-likeness (QED) is 0.764. The molecule has 0 saturated carbocycles. The van der Waals surface area contributed by atoms with Crippen LogP contribution in [0.5, 0.6) is 0 Å². The Morgan fingerprint density at radius 3 is 3.00 bits per heavy atom. The van der Waals surface area contributed by atoms with Crippen molar-refractivity contribution >= 4 is 44.5 Å². The zero-order valence-electron chi connectivity index (χ0n) is 8.71. The van der Waals surface area contributed by atoms with E-state index in [-0.39, 0.29) is 5.91 Å². The third-order valence-electron chi connectivity index (χ3n) is 2.33. The molecule has 1 amide bonds. The Balaban J connectivity index is 1.87. The van der Waals surface area contributed by atoms with E-state index >= 15 is 0 Å². The Morgan fingerprint density at radius 1 is 1.24 bits per heavy atom. The van der Waals surface area contributed by atoms with Crippen molar-refractivity contribution in [2.75, 3.05) is 5.32 Å². The second kappa shape index (κ2) is 4.27. The van der Waals surface area contributed by atoms with Gasteiger partial charge in [0.2, 0.25) is 0 Å².